The van der Waals surface area contributed by atoms with E-state index >= 15 is 0 Å². The van der Waals surface area contributed by atoms with Gasteiger partial charge in [0.15, 0.2) is 0 Å². The number of fused-ring (bicyclic) bond motifs is 2. The van der Waals surface area contributed by atoms with Crippen LogP contribution in [0.3, 0.4) is 0 Å². The molecule has 0 aliphatic heterocycles. The second-order valence-electron chi connectivity index (χ2n) is 10.8. The number of benzene rings is 6. The van der Waals surface area contributed by atoms with E-state index < -0.39 is 25.1 Å². The van der Waals surface area contributed by atoms with E-state index in [9.17, 15) is 35.8 Å². The van der Waals surface area contributed by atoms with Crippen molar-refractivity contribution in [2.45, 2.75) is 16.7 Å². The van der Waals surface area contributed by atoms with E-state index in [2.05, 4.69) is 25.8 Å². The van der Waals surface area contributed by atoms with E-state index in [4.69, 9.17) is 0 Å². The number of azo groups is 2. The predicted molar refractivity (Wildman–Crippen MR) is 195 cm³/mol. The Morgan fingerprint density at radius 2 is 1.22 bits per heavy atom. The maximum Gasteiger partial charge on any atom is 0.294 e. The third-order valence-electron chi connectivity index (χ3n) is 7.46. The summed E-state index contributed by atoms with van der Waals surface area (Å²) in [6.07, 6.45) is 0. The van der Waals surface area contributed by atoms with Gasteiger partial charge in [-0.2, -0.15) is 32.2 Å². The normalized spacial score (nSPS) is 11.8. The molecule has 0 heterocycles. The summed E-state index contributed by atoms with van der Waals surface area (Å²) in [5, 5.41) is 31.6. The van der Waals surface area contributed by atoms with Crippen LogP contribution in [0.5, 0.6) is 5.75 Å². The molecule has 13 nitrogen and oxygen atoms in total. The molecule has 1 amide bonds. The van der Waals surface area contributed by atoms with Crippen LogP contribution in [0.4, 0.5) is 28.4 Å². The Labute approximate surface area is 336 Å². The van der Waals surface area contributed by atoms with Gasteiger partial charge < -0.3 is 10.4 Å². The fourth-order valence-corrected chi connectivity index (χ4v) is 6.05. The van der Waals surface area contributed by atoms with Gasteiger partial charge >= 0.3 is 0 Å². The molecule has 0 aromatic heterocycles. The Morgan fingerprint density at radius 1 is 0.608 bits per heavy atom. The average Bonchev–Trinajstić information content (AvgIpc) is 3.06. The minimum absolute atomic E-state index is 0. The number of aromatic hydroxyl groups is 1. The number of nitrogens with one attached hydrogen (secondary N) is 1. The molecular weight excluding hydrogens is 717 g/mol. The number of hydrogen-bond acceptors (Lipinski definition) is 10. The fourth-order valence-electron chi connectivity index (χ4n) is 5.01. The zero-order valence-electron chi connectivity index (χ0n) is 27.4. The summed E-state index contributed by atoms with van der Waals surface area (Å²) in [4.78, 5) is 12.0. The van der Waals surface area contributed by atoms with Crippen molar-refractivity contribution in [2.24, 2.45) is 20.5 Å². The number of nitrogens with zero attached hydrogens (tertiary/aromatic N) is 4. The molecule has 6 aromatic rings. The van der Waals surface area contributed by atoms with E-state index in [1.807, 2.05) is 0 Å². The first kappa shape index (κ1) is 39.9. The van der Waals surface area contributed by atoms with Crippen LogP contribution in [0, 0.1) is 6.92 Å². The van der Waals surface area contributed by atoms with Gasteiger partial charge in [-0.15, -0.1) is 5.11 Å². The van der Waals surface area contributed by atoms with E-state index in [1.54, 1.807) is 79.7 Å². The monoisotopic (exact) mass is 741 g/mol. The molecule has 17 heteroatoms. The minimum atomic E-state index is -4.54. The fraction of sp³-hybridized carbons (Fsp3) is 0.0294. The Kier molecular flexibility index (Phi) is 12.7. The maximum atomic E-state index is 12.8. The summed E-state index contributed by atoms with van der Waals surface area (Å²) in [6.45, 7) is 1.78. The molecule has 0 unspecified atom stereocenters. The molecular formula is C34H25N5Na2O8S2. The number of anilines is 1. The first-order valence-corrected chi connectivity index (χ1v) is 17.2. The smallest absolute Gasteiger partial charge is 0.294 e. The largest absolute Gasteiger partial charge is 0.507 e. The SMILES string of the molecule is Cc1cc(N=Nc2ccc(NC(=O)c3ccccc3)c3ccc(S(=O)(=O)O)cc23)ccc1N=Nc1ccc2c(O)cc(S(=O)(=O)O)cc2c1.[Na].[Na]. The zero-order valence-corrected chi connectivity index (χ0v) is 33.0. The Morgan fingerprint density at radius 3 is 1.88 bits per heavy atom. The van der Waals surface area contributed by atoms with Gasteiger partial charge in [-0.3, -0.25) is 13.9 Å². The summed E-state index contributed by atoms with van der Waals surface area (Å²) in [7, 11) is -9.07. The average molecular weight is 742 g/mol. The zero-order chi connectivity index (χ0) is 34.9. The molecule has 51 heavy (non-hydrogen) atoms. The van der Waals surface area contributed by atoms with E-state index in [0.29, 0.717) is 55.4 Å². The van der Waals surface area contributed by atoms with E-state index in [0.717, 1.165) is 6.07 Å². The molecule has 0 saturated heterocycles. The first-order valence-electron chi connectivity index (χ1n) is 14.4. The molecule has 248 valence electrons. The van der Waals surface area contributed by atoms with Crippen LogP contribution in [0.2, 0.25) is 0 Å². The molecule has 0 atom stereocenters. The summed E-state index contributed by atoms with van der Waals surface area (Å²) in [6, 6.07) is 27.5. The summed E-state index contributed by atoms with van der Waals surface area (Å²) in [5.74, 6) is -0.680. The molecule has 0 saturated carbocycles. The second-order valence-corrected chi connectivity index (χ2v) is 13.7. The van der Waals surface area contributed by atoms with Crippen molar-refractivity contribution >= 4 is 135 Å². The van der Waals surface area contributed by atoms with Crippen molar-refractivity contribution in [3.8, 4) is 5.75 Å². The van der Waals surface area contributed by atoms with Crippen molar-refractivity contribution in [1.29, 1.82) is 0 Å². The van der Waals surface area contributed by atoms with Crippen molar-refractivity contribution < 1.29 is 35.8 Å². The van der Waals surface area contributed by atoms with Gasteiger partial charge in [-0.25, -0.2) is 0 Å². The number of amides is 1. The van der Waals surface area contributed by atoms with Crippen LogP contribution >= 0.6 is 0 Å². The van der Waals surface area contributed by atoms with Crippen molar-refractivity contribution in [1.82, 2.24) is 0 Å². The number of phenolic OH excluding ortho intramolecular Hbond substituents is 1. The molecule has 6 aromatic carbocycles. The standard InChI is InChI=1S/C34H25N5O8S2.2Na/c1-20-15-23(8-12-30(20)38-37-24-7-10-27-22(16-24)17-26(19-33(27)40)49(45,46)47)36-39-32-14-13-31(35-34(41)21-5-3-2-4-6-21)28-11-9-25(18-29(28)32)48(42,43)44;;/h2-19,40H,1H3,(H,35,41)(H,42,43,44)(H,45,46,47);;. The van der Waals surface area contributed by atoms with Gasteiger partial charge in [-0.1, -0.05) is 24.3 Å². The Balaban J connectivity index is 0.00000292. The van der Waals surface area contributed by atoms with Gasteiger partial charge in [0.25, 0.3) is 26.1 Å². The van der Waals surface area contributed by atoms with Crippen LogP contribution < -0.4 is 5.32 Å². The number of rotatable bonds is 8. The van der Waals surface area contributed by atoms with Crippen molar-refractivity contribution in [3.05, 3.63) is 120 Å². The van der Waals surface area contributed by atoms with Gasteiger partial charge in [0.1, 0.15) is 5.75 Å². The summed E-state index contributed by atoms with van der Waals surface area (Å²) in [5.41, 5.74) is 3.09. The maximum absolute atomic E-state index is 12.8. The number of carbonyl (C=O) groups excluding carboxylic acids is 1. The van der Waals surface area contributed by atoms with Gasteiger partial charge in [-0.05, 0) is 96.7 Å². The van der Waals surface area contributed by atoms with E-state index in [1.165, 1.54) is 30.3 Å². The molecule has 6 rings (SSSR count). The summed E-state index contributed by atoms with van der Waals surface area (Å²) < 4.78 is 66.0. The Hall–Kier alpha value is -3.87. The Bertz CT molecular complexity index is 2590. The summed E-state index contributed by atoms with van der Waals surface area (Å²) >= 11 is 0. The van der Waals surface area contributed by atoms with Gasteiger partial charge in [0.05, 0.1) is 32.5 Å². The number of aryl methyl sites for hydroxylation is 1. The first-order chi connectivity index (χ1) is 23.3. The molecule has 2 radical (unpaired) electrons. The van der Waals surface area contributed by atoms with Crippen LogP contribution in [-0.2, 0) is 20.2 Å². The number of carbonyl (C=O) groups is 1. The second kappa shape index (κ2) is 16.2. The third kappa shape index (κ3) is 9.33. The third-order valence-corrected chi connectivity index (χ3v) is 9.14. The number of hydrogen-bond donors (Lipinski definition) is 4. The molecule has 0 bridgehead atoms. The molecule has 4 N–H and O–H groups in total. The van der Waals surface area contributed by atoms with Crippen LogP contribution in [0.15, 0.2) is 139 Å². The number of phenols is 1. The van der Waals surface area contributed by atoms with E-state index in [-0.39, 0.29) is 81.4 Å². The van der Waals surface area contributed by atoms with Gasteiger partial charge in [0, 0.05) is 92.6 Å². The predicted octanol–water partition coefficient (Wildman–Crippen LogP) is 7.82. The molecule has 0 fully saturated rings. The quantitative estimate of drug-likeness (QED) is 0.0685. The van der Waals surface area contributed by atoms with Crippen LogP contribution in [-0.4, -0.2) is 96.1 Å². The topological polar surface area (TPSA) is 208 Å². The van der Waals surface area contributed by atoms with Crippen LogP contribution in [0.1, 0.15) is 15.9 Å². The molecule has 0 aliphatic carbocycles. The van der Waals surface area contributed by atoms with Crippen molar-refractivity contribution in [2.75, 3.05) is 5.32 Å². The van der Waals surface area contributed by atoms with Crippen molar-refractivity contribution in [3.63, 3.8) is 0 Å². The van der Waals surface area contributed by atoms with Crippen LogP contribution in [0.25, 0.3) is 21.5 Å². The molecule has 0 spiro atoms. The van der Waals surface area contributed by atoms with Gasteiger partial charge in [0.2, 0.25) is 0 Å². The minimum Gasteiger partial charge on any atom is -0.507 e. The molecule has 0 aliphatic rings.